The number of aromatic hydroxyl groups is 1. The minimum absolute atomic E-state index is 0.187. The zero-order valence-electron chi connectivity index (χ0n) is 10.3. The van der Waals surface area contributed by atoms with E-state index < -0.39 is 6.04 Å². The van der Waals surface area contributed by atoms with Crippen LogP contribution in [0.2, 0.25) is 0 Å². The predicted octanol–water partition coefficient (Wildman–Crippen LogP) is 2.00. The van der Waals surface area contributed by atoms with Crippen LogP contribution in [-0.2, 0) is 9.53 Å². The van der Waals surface area contributed by atoms with Gasteiger partial charge < -0.3 is 15.2 Å². The number of rotatable bonds is 6. The van der Waals surface area contributed by atoms with Gasteiger partial charge in [0.05, 0.1) is 6.61 Å². The van der Waals surface area contributed by atoms with Gasteiger partial charge >= 0.3 is 5.97 Å². The zero-order chi connectivity index (χ0) is 12.7. The van der Waals surface area contributed by atoms with E-state index in [1.54, 1.807) is 31.2 Å². The molecule has 0 radical (unpaired) electrons. The van der Waals surface area contributed by atoms with Crippen molar-refractivity contribution in [3.05, 3.63) is 29.8 Å². The van der Waals surface area contributed by atoms with Crippen molar-refractivity contribution in [2.75, 3.05) is 13.2 Å². The van der Waals surface area contributed by atoms with E-state index in [-0.39, 0.29) is 11.7 Å². The van der Waals surface area contributed by atoms with Crippen LogP contribution in [-0.4, -0.2) is 24.2 Å². The minimum atomic E-state index is -0.463. The molecule has 0 spiro atoms. The lowest BCUT2D eigenvalue weighted by atomic mass is 10.1. The van der Waals surface area contributed by atoms with E-state index in [4.69, 9.17) is 4.74 Å². The summed E-state index contributed by atoms with van der Waals surface area (Å²) in [4.78, 5) is 11.8. The van der Waals surface area contributed by atoms with Gasteiger partial charge in [-0.05, 0) is 37.6 Å². The van der Waals surface area contributed by atoms with E-state index in [2.05, 4.69) is 5.32 Å². The molecule has 1 atom stereocenters. The molecule has 0 saturated carbocycles. The van der Waals surface area contributed by atoms with Gasteiger partial charge in [-0.15, -0.1) is 0 Å². The topological polar surface area (TPSA) is 58.6 Å². The largest absolute Gasteiger partial charge is 0.508 e. The second kappa shape index (κ2) is 6.91. The summed E-state index contributed by atoms with van der Waals surface area (Å²) < 4.78 is 5.02. The van der Waals surface area contributed by atoms with E-state index in [0.29, 0.717) is 6.61 Å². The van der Waals surface area contributed by atoms with Crippen LogP contribution in [0.15, 0.2) is 24.3 Å². The van der Waals surface area contributed by atoms with E-state index in [9.17, 15) is 9.90 Å². The van der Waals surface area contributed by atoms with Gasteiger partial charge in [-0.3, -0.25) is 0 Å². The maximum absolute atomic E-state index is 11.8. The Morgan fingerprint density at radius 3 is 2.53 bits per heavy atom. The summed E-state index contributed by atoms with van der Waals surface area (Å²) in [5.74, 6) is -0.0986. The number of esters is 1. The van der Waals surface area contributed by atoms with Crippen molar-refractivity contribution in [1.29, 1.82) is 0 Å². The maximum Gasteiger partial charge on any atom is 0.327 e. The molecule has 0 aromatic heterocycles. The van der Waals surface area contributed by atoms with E-state index in [0.717, 1.165) is 18.5 Å². The standard InChI is InChI=1S/C13H19NO3/c1-3-9-14-12(13(16)17-4-2)10-5-7-11(15)8-6-10/h5-8,12,14-15H,3-4,9H2,1-2H3. The highest BCUT2D eigenvalue weighted by Crippen LogP contribution is 2.18. The number of nitrogens with one attached hydrogen (secondary N) is 1. The molecule has 2 N–H and O–H groups in total. The van der Waals surface area contributed by atoms with Crippen molar-refractivity contribution in [3.8, 4) is 5.75 Å². The Morgan fingerprint density at radius 2 is 2.00 bits per heavy atom. The van der Waals surface area contributed by atoms with Crippen LogP contribution in [0.5, 0.6) is 5.75 Å². The normalized spacial score (nSPS) is 12.1. The molecule has 0 heterocycles. The first-order valence-corrected chi connectivity index (χ1v) is 5.88. The summed E-state index contributed by atoms with van der Waals surface area (Å²) in [5.41, 5.74) is 0.801. The Balaban J connectivity index is 2.81. The summed E-state index contributed by atoms with van der Waals surface area (Å²) >= 11 is 0. The van der Waals surface area contributed by atoms with Gasteiger partial charge in [-0.1, -0.05) is 19.1 Å². The van der Waals surface area contributed by atoms with Gasteiger partial charge in [0, 0.05) is 0 Å². The van der Waals surface area contributed by atoms with E-state index in [1.807, 2.05) is 6.92 Å². The third-order valence-electron chi connectivity index (χ3n) is 2.35. The fourth-order valence-corrected chi connectivity index (χ4v) is 1.52. The molecule has 1 unspecified atom stereocenters. The lowest BCUT2D eigenvalue weighted by Crippen LogP contribution is -2.30. The summed E-state index contributed by atoms with van der Waals surface area (Å²) in [6.45, 7) is 4.92. The molecule has 4 nitrogen and oxygen atoms in total. The number of carbonyl (C=O) groups excluding carboxylic acids is 1. The molecular formula is C13H19NO3. The Labute approximate surface area is 102 Å². The monoisotopic (exact) mass is 237 g/mol. The molecule has 1 aromatic carbocycles. The highest BCUT2D eigenvalue weighted by atomic mass is 16.5. The predicted molar refractivity (Wildman–Crippen MR) is 65.8 cm³/mol. The zero-order valence-corrected chi connectivity index (χ0v) is 10.3. The first-order chi connectivity index (χ1) is 8.19. The second-order valence-electron chi connectivity index (χ2n) is 3.73. The SMILES string of the molecule is CCCNC(C(=O)OCC)c1ccc(O)cc1. The fourth-order valence-electron chi connectivity index (χ4n) is 1.52. The van der Waals surface area contributed by atoms with Crippen molar-refractivity contribution in [2.24, 2.45) is 0 Å². The lowest BCUT2D eigenvalue weighted by Gasteiger charge is -2.17. The molecule has 0 bridgehead atoms. The highest BCUT2D eigenvalue weighted by molar-refractivity contribution is 5.77. The van der Waals surface area contributed by atoms with Crippen LogP contribution in [0.1, 0.15) is 31.9 Å². The van der Waals surface area contributed by atoms with E-state index >= 15 is 0 Å². The summed E-state index contributed by atoms with van der Waals surface area (Å²) in [6.07, 6.45) is 0.938. The van der Waals surface area contributed by atoms with Gasteiger partial charge in [0.1, 0.15) is 11.8 Å². The van der Waals surface area contributed by atoms with E-state index in [1.165, 1.54) is 0 Å². The number of hydrogen-bond acceptors (Lipinski definition) is 4. The summed E-state index contributed by atoms with van der Waals surface area (Å²) in [6, 6.07) is 6.11. The molecule has 1 rings (SSSR count). The van der Waals surface area contributed by atoms with Crippen LogP contribution in [0.25, 0.3) is 0 Å². The molecule has 0 aliphatic heterocycles. The highest BCUT2D eigenvalue weighted by Gasteiger charge is 2.20. The number of benzene rings is 1. The lowest BCUT2D eigenvalue weighted by molar-refractivity contribution is -0.145. The number of carbonyl (C=O) groups is 1. The third kappa shape index (κ3) is 4.07. The van der Waals surface area contributed by atoms with Crippen molar-refractivity contribution in [2.45, 2.75) is 26.3 Å². The Bertz CT molecular complexity index is 348. The third-order valence-corrected chi connectivity index (χ3v) is 2.35. The molecular weight excluding hydrogens is 218 g/mol. The van der Waals surface area contributed by atoms with Gasteiger partial charge in [0.2, 0.25) is 0 Å². The molecule has 0 aliphatic rings. The van der Waals surface area contributed by atoms with Gasteiger partial charge in [-0.25, -0.2) is 4.79 Å². The quantitative estimate of drug-likeness (QED) is 0.743. The number of phenols is 1. The summed E-state index contributed by atoms with van der Waals surface area (Å²) in [7, 11) is 0. The van der Waals surface area contributed by atoms with Crippen LogP contribution < -0.4 is 5.32 Å². The number of ether oxygens (including phenoxy) is 1. The molecule has 94 valence electrons. The molecule has 17 heavy (non-hydrogen) atoms. The Kier molecular flexibility index (Phi) is 5.49. The Hall–Kier alpha value is -1.55. The van der Waals surface area contributed by atoms with Crippen molar-refractivity contribution < 1.29 is 14.6 Å². The van der Waals surface area contributed by atoms with Crippen molar-refractivity contribution >= 4 is 5.97 Å². The molecule has 1 aromatic rings. The van der Waals surface area contributed by atoms with Crippen LogP contribution >= 0.6 is 0 Å². The van der Waals surface area contributed by atoms with Crippen LogP contribution in [0, 0.1) is 0 Å². The molecule has 0 amide bonds. The number of phenolic OH excluding ortho intramolecular Hbond substituents is 1. The molecule has 0 aliphatic carbocycles. The second-order valence-corrected chi connectivity index (χ2v) is 3.73. The fraction of sp³-hybridized carbons (Fsp3) is 0.462. The minimum Gasteiger partial charge on any atom is -0.508 e. The van der Waals surface area contributed by atoms with Crippen molar-refractivity contribution in [1.82, 2.24) is 5.32 Å². The summed E-state index contributed by atoms with van der Waals surface area (Å²) in [5, 5.41) is 12.4. The van der Waals surface area contributed by atoms with Gasteiger partial charge in [0.15, 0.2) is 0 Å². The average Bonchev–Trinajstić information content (AvgIpc) is 2.32. The van der Waals surface area contributed by atoms with Crippen molar-refractivity contribution in [3.63, 3.8) is 0 Å². The maximum atomic E-state index is 11.8. The smallest absolute Gasteiger partial charge is 0.327 e. The first-order valence-electron chi connectivity index (χ1n) is 5.88. The average molecular weight is 237 g/mol. The molecule has 4 heteroatoms. The first kappa shape index (κ1) is 13.5. The number of hydrogen-bond donors (Lipinski definition) is 2. The van der Waals surface area contributed by atoms with Crippen LogP contribution in [0.4, 0.5) is 0 Å². The van der Waals surface area contributed by atoms with Gasteiger partial charge in [0.25, 0.3) is 0 Å². The molecule has 0 fully saturated rings. The Morgan fingerprint density at radius 1 is 1.35 bits per heavy atom. The van der Waals surface area contributed by atoms with Crippen LogP contribution in [0.3, 0.4) is 0 Å². The molecule has 0 saturated heterocycles. The van der Waals surface area contributed by atoms with Gasteiger partial charge in [-0.2, -0.15) is 0 Å².